The lowest BCUT2D eigenvalue weighted by Gasteiger charge is -2.28. The minimum atomic E-state index is 0.127. The van der Waals surface area contributed by atoms with E-state index in [-0.39, 0.29) is 5.41 Å². The van der Waals surface area contributed by atoms with Crippen molar-refractivity contribution in [2.24, 2.45) is 0 Å². The molecule has 0 saturated heterocycles. The fourth-order valence-corrected chi connectivity index (χ4v) is 4.28. The van der Waals surface area contributed by atoms with Crippen molar-refractivity contribution in [1.29, 1.82) is 0 Å². The van der Waals surface area contributed by atoms with Crippen molar-refractivity contribution in [3.05, 3.63) is 88.5 Å². The molecular formula is C24H24. The Labute approximate surface area is 144 Å². The molecule has 1 aliphatic rings. The van der Waals surface area contributed by atoms with Crippen molar-refractivity contribution in [2.45, 2.75) is 39.0 Å². The molecule has 0 aromatic heterocycles. The Morgan fingerprint density at radius 3 is 2.33 bits per heavy atom. The monoisotopic (exact) mass is 312 g/mol. The standard InChI is InChI=1S/C24H24/c1-16-22(21-14-13-17-9-5-7-11-19(17)21)15-18-10-6-8-12-20(18)23(16)24(2,3)4/h5-15,21H,1-4H3. The first kappa shape index (κ1) is 15.2. The number of benzene rings is 3. The lowest BCUT2D eigenvalue weighted by molar-refractivity contribution is 0.590. The molecule has 0 fully saturated rings. The lowest BCUT2D eigenvalue weighted by Crippen LogP contribution is -2.16. The molecule has 3 aromatic carbocycles. The van der Waals surface area contributed by atoms with Crippen LogP contribution >= 0.6 is 0 Å². The lowest BCUT2D eigenvalue weighted by atomic mass is 9.76. The molecule has 0 N–H and O–H groups in total. The summed E-state index contributed by atoms with van der Waals surface area (Å²) in [4.78, 5) is 0. The van der Waals surface area contributed by atoms with Gasteiger partial charge in [0.1, 0.15) is 0 Å². The van der Waals surface area contributed by atoms with Crippen LogP contribution in [0.1, 0.15) is 54.5 Å². The Bertz CT molecular complexity index is 951. The summed E-state index contributed by atoms with van der Waals surface area (Å²) >= 11 is 0. The van der Waals surface area contributed by atoms with Gasteiger partial charge in [-0.3, -0.25) is 0 Å². The SMILES string of the molecule is Cc1c(C2C=Cc3ccccc32)cc2ccccc2c1C(C)(C)C. The first-order valence-electron chi connectivity index (χ1n) is 8.76. The molecule has 0 bridgehead atoms. The number of rotatable bonds is 1. The zero-order chi connectivity index (χ0) is 16.9. The van der Waals surface area contributed by atoms with E-state index >= 15 is 0 Å². The van der Waals surface area contributed by atoms with Crippen LogP contribution in [-0.2, 0) is 5.41 Å². The van der Waals surface area contributed by atoms with Gasteiger partial charge in [-0.25, -0.2) is 0 Å². The van der Waals surface area contributed by atoms with Crippen molar-refractivity contribution in [3.8, 4) is 0 Å². The van der Waals surface area contributed by atoms with Gasteiger partial charge < -0.3 is 0 Å². The Hall–Kier alpha value is -2.34. The maximum atomic E-state index is 2.40. The number of fused-ring (bicyclic) bond motifs is 2. The fraction of sp³-hybridized carbons (Fsp3) is 0.250. The third-order valence-electron chi connectivity index (χ3n) is 5.23. The van der Waals surface area contributed by atoms with E-state index in [0.29, 0.717) is 5.92 Å². The van der Waals surface area contributed by atoms with Crippen LogP contribution in [-0.4, -0.2) is 0 Å². The number of allylic oxidation sites excluding steroid dienone is 1. The van der Waals surface area contributed by atoms with Crippen molar-refractivity contribution in [2.75, 3.05) is 0 Å². The zero-order valence-corrected chi connectivity index (χ0v) is 14.9. The molecule has 0 spiro atoms. The summed E-state index contributed by atoms with van der Waals surface area (Å²) in [5, 5.41) is 2.74. The second kappa shape index (κ2) is 5.34. The highest BCUT2D eigenvalue weighted by molar-refractivity contribution is 5.89. The Morgan fingerprint density at radius 2 is 1.54 bits per heavy atom. The zero-order valence-electron chi connectivity index (χ0n) is 14.9. The van der Waals surface area contributed by atoms with E-state index in [0.717, 1.165) is 0 Å². The minimum Gasteiger partial charge on any atom is -0.0720 e. The average Bonchev–Trinajstić information content (AvgIpc) is 2.97. The van der Waals surface area contributed by atoms with E-state index in [1.54, 1.807) is 0 Å². The van der Waals surface area contributed by atoms with Crippen LogP contribution in [0.15, 0.2) is 60.7 Å². The molecule has 0 heteroatoms. The van der Waals surface area contributed by atoms with Crippen LogP contribution < -0.4 is 0 Å². The molecule has 0 amide bonds. The van der Waals surface area contributed by atoms with Gasteiger partial charge in [-0.05, 0) is 57.0 Å². The van der Waals surface area contributed by atoms with Crippen LogP contribution in [0, 0.1) is 6.92 Å². The van der Waals surface area contributed by atoms with Gasteiger partial charge in [0.2, 0.25) is 0 Å². The van der Waals surface area contributed by atoms with Crippen LogP contribution in [0.5, 0.6) is 0 Å². The topological polar surface area (TPSA) is 0 Å². The first-order valence-corrected chi connectivity index (χ1v) is 8.76. The smallest absolute Gasteiger partial charge is 0.0281 e. The predicted octanol–water partition coefficient (Wildman–Crippen LogP) is 6.60. The van der Waals surface area contributed by atoms with Crippen LogP contribution in [0.2, 0.25) is 0 Å². The summed E-state index contributed by atoms with van der Waals surface area (Å²) in [6, 6.07) is 20.0. The number of hydrogen-bond acceptors (Lipinski definition) is 0. The third-order valence-corrected chi connectivity index (χ3v) is 5.23. The molecule has 0 aliphatic heterocycles. The van der Waals surface area contributed by atoms with Crippen molar-refractivity contribution >= 4 is 16.8 Å². The maximum absolute atomic E-state index is 2.40. The quantitative estimate of drug-likeness (QED) is 0.474. The number of hydrogen-bond donors (Lipinski definition) is 0. The van der Waals surface area contributed by atoms with E-state index < -0.39 is 0 Å². The molecule has 120 valence electrons. The molecule has 3 aromatic rings. The van der Waals surface area contributed by atoms with Crippen LogP contribution in [0.3, 0.4) is 0 Å². The highest BCUT2D eigenvalue weighted by Gasteiger charge is 2.26. The molecule has 24 heavy (non-hydrogen) atoms. The van der Waals surface area contributed by atoms with Gasteiger partial charge in [0, 0.05) is 5.92 Å². The van der Waals surface area contributed by atoms with Gasteiger partial charge in [-0.2, -0.15) is 0 Å². The summed E-state index contributed by atoms with van der Waals surface area (Å²) in [5.74, 6) is 0.368. The van der Waals surface area contributed by atoms with Crippen molar-refractivity contribution in [3.63, 3.8) is 0 Å². The summed E-state index contributed by atoms with van der Waals surface area (Å²) in [7, 11) is 0. The summed E-state index contributed by atoms with van der Waals surface area (Å²) in [5.41, 5.74) is 7.27. The molecule has 0 radical (unpaired) electrons. The highest BCUT2D eigenvalue weighted by Crippen LogP contribution is 2.42. The molecule has 0 nitrogen and oxygen atoms in total. The summed E-state index contributed by atoms with van der Waals surface area (Å²) < 4.78 is 0. The molecule has 1 unspecified atom stereocenters. The van der Waals surface area contributed by atoms with Gasteiger partial charge in [-0.1, -0.05) is 81.5 Å². The highest BCUT2D eigenvalue weighted by atomic mass is 14.3. The van der Waals surface area contributed by atoms with Gasteiger partial charge in [0.15, 0.2) is 0 Å². The van der Waals surface area contributed by atoms with E-state index in [1.807, 2.05) is 0 Å². The molecule has 4 rings (SSSR count). The van der Waals surface area contributed by atoms with Gasteiger partial charge in [0.25, 0.3) is 0 Å². The van der Waals surface area contributed by atoms with Gasteiger partial charge in [-0.15, -0.1) is 0 Å². The fourth-order valence-electron chi connectivity index (χ4n) is 4.28. The predicted molar refractivity (Wildman–Crippen MR) is 105 cm³/mol. The molecular weight excluding hydrogens is 288 g/mol. The van der Waals surface area contributed by atoms with Crippen molar-refractivity contribution < 1.29 is 0 Å². The van der Waals surface area contributed by atoms with Gasteiger partial charge >= 0.3 is 0 Å². The Kier molecular flexibility index (Phi) is 3.38. The maximum Gasteiger partial charge on any atom is 0.0281 e. The molecule has 1 aliphatic carbocycles. The average molecular weight is 312 g/mol. The first-order chi connectivity index (χ1) is 11.5. The van der Waals surface area contributed by atoms with E-state index in [4.69, 9.17) is 0 Å². The van der Waals surface area contributed by atoms with E-state index in [1.165, 1.54) is 38.6 Å². The minimum absolute atomic E-state index is 0.127. The summed E-state index contributed by atoms with van der Waals surface area (Å²) in [6.45, 7) is 9.27. The van der Waals surface area contributed by atoms with Crippen LogP contribution in [0.25, 0.3) is 16.8 Å². The van der Waals surface area contributed by atoms with Crippen LogP contribution in [0.4, 0.5) is 0 Å². The summed E-state index contributed by atoms with van der Waals surface area (Å²) in [6.07, 6.45) is 4.62. The van der Waals surface area contributed by atoms with Crippen molar-refractivity contribution in [1.82, 2.24) is 0 Å². The second-order valence-electron chi connectivity index (χ2n) is 7.90. The Balaban J connectivity index is 2.02. The van der Waals surface area contributed by atoms with Gasteiger partial charge in [0.05, 0.1) is 0 Å². The van der Waals surface area contributed by atoms with E-state index in [2.05, 4.69) is 94.4 Å². The molecule has 1 atom stereocenters. The molecule has 0 heterocycles. The largest absolute Gasteiger partial charge is 0.0720 e. The third kappa shape index (κ3) is 2.29. The Morgan fingerprint density at radius 1 is 0.833 bits per heavy atom. The molecule has 0 saturated carbocycles. The van der Waals surface area contributed by atoms with E-state index in [9.17, 15) is 0 Å². The normalized spacial score (nSPS) is 16.6. The second-order valence-corrected chi connectivity index (χ2v) is 7.90.